The summed E-state index contributed by atoms with van der Waals surface area (Å²) in [7, 11) is 1.93. The Morgan fingerprint density at radius 3 is 2.50 bits per heavy atom. The monoisotopic (exact) mass is 409 g/mol. The molecular weight excluding hydrogens is 394 g/mol. The molecule has 4 aromatic rings. The van der Waals surface area contributed by atoms with Gasteiger partial charge in [-0.05, 0) is 48.5 Å². The molecule has 0 aliphatic carbocycles. The summed E-state index contributed by atoms with van der Waals surface area (Å²) in [5.74, 6) is 1.98. The van der Waals surface area contributed by atoms with Gasteiger partial charge in [0.15, 0.2) is 5.82 Å². The summed E-state index contributed by atoms with van der Waals surface area (Å²) >= 11 is 6.05. The van der Waals surface area contributed by atoms with Gasteiger partial charge in [-0.15, -0.1) is 0 Å². The number of halogens is 1. The molecule has 4 nitrogen and oxygen atoms in total. The highest BCUT2D eigenvalue weighted by molar-refractivity contribution is 6.30. The Labute approximate surface area is 178 Å². The molecule has 0 unspecified atom stereocenters. The Morgan fingerprint density at radius 1 is 1.00 bits per heavy atom. The zero-order chi connectivity index (χ0) is 20.7. The van der Waals surface area contributed by atoms with Crippen molar-refractivity contribution < 1.29 is 4.74 Å². The Hall–Kier alpha value is -3.81. The van der Waals surface area contributed by atoms with E-state index in [9.17, 15) is 5.26 Å². The van der Waals surface area contributed by atoms with Gasteiger partial charge < -0.3 is 9.30 Å². The lowest BCUT2D eigenvalue weighted by molar-refractivity contribution is 0.509. The number of ether oxygens (including phenoxy) is 1. The zero-order valence-corrected chi connectivity index (χ0v) is 16.9. The molecular formula is C25H16ClN3O. The van der Waals surface area contributed by atoms with Crippen LogP contribution in [0.3, 0.4) is 0 Å². The van der Waals surface area contributed by atoms with Gasteiger partial charge in [-0.25, -0.2) is 4.98 Å². The van der Waals surface area contributed by atoms with E-state index in [1.165, 1.54) is 0 Å². The smallest absolute Gasteiger partial charge is 0.152 e. The van der Waals surface area contributed by atoms with Crippen LogP contribution in [0.2, 0.25) is 5.02 Å². The van der Waals surface area contributed by atoms with Gasteiger partial charge in [-0.1, -0.05) is 41.9 Å². The van der Waals surface area contributed by atoms with Crippen molar-refractivity contribution >= 4 is 39.5 Å². The number of hydrogen-bond donors (Lipinski definition) is 0. The van der Waals surface area contributed by atoms with Crippen molar-refractivity contribution in [3.05, 3.63) is 101 Å². The second-order valence-corrected chi connectivity index (χ2v) is 7.43. The van der Waals surface area contributed by atoms with Crippen LogP contribution in [0.5, 0.6) is 5.75 Å². The summed E-state index contributed by atoms with van der Waals surface area (Å²) in [5, 5.41) is 10.8. The molecule has 5 heteroatoms. The zero-order valence-electron chi connectivity index (χ0n) is 16.1. The first-order valence-corrected chi connectivity index (χ1v) is 9.84. The molecule has 1 aliphatic rings. The fourth-order valence-corrected chi connectivity index (χ4v) is 3.82. The molecule has 0 saturated carbocycles. The molecule has 1 aromatic heterocycles. The van der Waals surface area contributed by atoms with Gasteiger partial charge >= 0.3 is 0 Å². The molecule has 0 saturated heterocycles. The molecule has 0 atom stereocenters. The van der Waals surface area contributed by atoms with Crippen LogP contribution in [0.1, 0.15) is 17.0 Å². The van der Waals surface area contributed by atoms with Crippen molar-refractivity contribution in [2.45, 2.75) is 0 Å². The van der Waals surface area contributed by atoms with Crippen molar-refractivity contribution in [1.82, 2.24) is 9.55 Å². The summed E-state index contributed by atoms with van der Waals surface area (Å²) in [6.45, 7) is 0. The lowest BCUT2D eigenvalue weighted by Crippen LogP contribution is -2.06. The van der Waals surface area contributed by atoms with Crippen LogP contribution in [0.4, 0.5) is 0 Å². The van der Waals surface area contributed by atoms with Crippen LogP contribution >= 0.6 is 11.6 Å². The molecule has 5 rings (SSSR count). The number of hydrogen-bond acceptors (Lipinski definition) is 3. The lowest BCUT2D eigenvalue weighted by Gasteiger charge is -2.21. The number of nitriles is 1. The number of imidazole rings is 1. The van der Waals surface area contributed by atoms with Gasteiger partial charge in [0.25, 0.3) is 0 Å². The summed E-state index contributed by atoms with van der Waals surface area (Å²) < 4.78 is 8.11. The van der Waals surface area contributed by atoms with Crippen molar-refractivity contribution in [3.63, 3.8) is 0 Å². The quantitative estimate of drug-likeness (QED) is 0.376. The number of allylic oxidation sites excluding steroid dienone is 3. The predicted molar refractivity (Wildman–Crippen MR) is 120 cm³/mol. The number of benzene rings is 3. The first-order valence-electron chi connectivity index (χ1n) is 9.47. The third-order valence-corrected chi connectivity index (χ3v) is 5.45. The minimum absolute atomic E-state index is 0.496. The first-order chi connectivity index (χ1) is 14.7. The molecule has 3 aromatic carbocycles. The summed E-state index contributed by atoms with van der Waals surface area (Å²) in [4.78, 5) is 4.74. The standard InChI is InChI=1S/C25H16ClN3O/c1-29-22-8-4-3-7-21(22)28-25(29)20(15-27)19-14-24(16-10-12-17(26)13-11-16)30-23-9-5-2-6-18(19)23/h2-14H,1H3/b20-19-. The first kappa shape index (κ1) is 18.2. The van der Waals surface area contributed by atoms with Crippen molar-refractivity contribution in [2.24, 2.45) is 7.05 Å². The van der Waals surface area contributed by atoms with Gasteiger partial charge in [0.05, 0.1) is 11.0 Å². The van der Waals surface area contributed by atoms with Crippen LogP contribution in [-0.4, -0.2) is 9.55 Å². The molecule has 30 heavy (non-hydrogen) atoms. The van der Waals surface area contributed by atoms with Crippen LogP contribution in [-0.2, 0) is 7.05 Å². The van der Waals surface area contributed by atoms with Crippen LogP contribution in [0.15, 0.2) is 78.9 Å². The maximum absolute atomic E-state index is 10.2. The van der Waals surface area contributed by atoms with Gasteiger partial charge in [-0.3, -0.25) is 0 Å². The molecule has 144 valence electrons. The third-order valence-electron chi connectivity index (χ3n) is 5.19. The van der Waals surface area contributed by atoms with Crippen molar-refractivity contribution in [2.75, 3.05) is 0 Å². The largest absolute Gasteiger partial charge is 0.456 e. The number of aryl methyl sites for hydroxylation is 1. The van der Waals surface area contributed by atoms with Crippen molar-refractivity contribution in [3.8, 4) is 11.8 Å². The number of nitrogens with zero attached hydrogens (tertiary/aromatic N) is 3. The number of aromatic nitrogens is 2. The fourth-order valence-electron chi connectivity index (χ4n) is 3.70. The Bertz CT molecular complexity index is 1390. The van der Waals surface area contributed by atoms with E-state index >= 15 is 0 Å². The average molecular weight is 410 g/mol. The van der Waals surface area contributed by atoms with Gasteiger partial charge in [0.2, 0.25) is 0 Å². The summed E-state index contributed by atoms with van der Waals surface area (Å²) in [5.41, 5.74) is 4.85. The summed E-state index contributed by atoms with van der Waals surface area (Å²) in [6.07, 6.45) is 1.91. The molecule has 0 radical (unpaired) electrons. The van der Waals surface area contributed by atoms with E-state index in [0.29, 0.717) is 27.9 Å². The summed E-state index contributed by atoms with van der Waals surface area (Å²) in [6, 6.07) is 25.4. The van der Waals surface area contributed by atoms with Crippen molar-refractivity contribution in [1.29, 1.82) is 5.26 Å². The minimum atomic E-state index is 0.496. The number of fused-ring (bicyclic) bond motifs is 2. The van der Waals surface area contributed by atoms with E-state index in [1.54, 1.807) is 0 Å². The Morgan fingerprint density at radius 2 is 1.73 bits per heavy atom. The molecule has 0 N–H and O–H groups in total. The van der Waals surface area contributed by atoms with E-state index in [0.717, 1.165) is 27.7 Å². The average Bonchev–Trinajstić information content (AvgIpc) is 3.11. The van der Waals surface area contributed by atoms with Gasteiger partial charge in [0, 0.05) is 28.8 Å². The maximum Gasteiger partial charge on any atom is 0.152 e. The number of rotatable bonds is 2. The topological polar surface area (TPSA) is 50.8 Å². The normalized spacial score (nSPS) is 14.5. The molecule has 0 amide bonds. The second-order valence-electron chi connectivity index (χ2n) is 7.00. The second kappa shape index (κ2) is 7.22. The van der Waals surface area contributed by atoms with Gasteiger partial charge in [-0.2, -0.15) is 5.26 Å². The highest BCUT2D eigenvalue weighted by Crippen LogP contribution is 2.40. The van der Waals surface area contributed by atoms with E-state index < -0.39 is 0 Å². The molecule has 1 aliphatic heterocycles. The third kappa shape index (κ3) is 2.97. The van der Waals surface area contributed by atoms with E-state index in [4.69, 9.17) is 21.3 Å². The molecule has 0 spiro atoms. The molecule has 0 fully saturated rings. The van der Waals surface area contributed by atoms with E-state index in [2.05, 4.69) is 6.07 Å². The Kier molecular flexibility index (Phi) is 4.39. The SMILES string of the molecule is Cn1c(/C(C#N)=C2/C=C(c3ccc(Cl)cc3)Oc3ccccc32)nc2ccccc21. The highest BCUT2D eigenvalue weighted by Gasteiger charge is 2.23. The fraction of sp³-hybridized carbons (Fsp3) is 0.0400. The molecule has 2 heterocycles. The number of para-hydroxylation sites is 3. The van der Waals surface area contributed by atoms with Crippen LogP contribution in [0.25, 0.3) is 27.9 Å². The van der Waals surface area contributed by atoms with Crippen LogP contribution in [0, 0.1) is 11.3 Å². The highest BCUT2D eigenvalue weighted by atomic mass is 35.5. The Balaban J connectivity index is 1.78. The lowest BCUT2D eigenvalue weighted by atomic mass is 9.95. The minimum Gasteiger partial charge on any atom is -0.456 e. The molecule has 0 bridgehead atoms. The van der Waals surface area contributed by atoms with E-state index in [1.807, 2.05) is 90.5 Å². The van der Waals surface area contributed by atoms with E-state index in [-0.39, 0.29) is 0 Å². The van der Waals surface area contributed by atoms with Crippen LogP contribution < -0.4 is 4.74 Å². The predicted octanol–water partition coefficient (Wildman–Crippen LogP) is 6.09. The maximum atomic E-state index is 10.2. The van der Waals surface area contributed by atoms with Gasteiger partial charge in [0.1, 0.15) is 23.2 Å².